The predicted octanol–water partition coefficient (Wildman–Crippen LogP) is 3.69. The predicted molar refractivity (Wildman–Crippen MR) is 117 cm³/mol. The topological polar surface area (TPSA) is 82.0 Å². The second-order valence-electron chi connectivity index (χ2n) is 7.61. The highest BCUT2D eigenvalue weighted by Gasteiger charge is 2.24. The number of nitrogens with two attached hydrogens (primary N) is 1. The summed E-state index contributed by atoms with van der Waals surface area (Å²) in [5.74, 6) is 5.78. The number of hydrogen-bond acceptors (Lipinski definition) is 4. The Morgan fingerprint density at radius 2 is 2.10 bits per heavy atom. The minimum Gasteiger partial charge on any atom is -0.351 e. The number of rotatable bonds is 5. The summed E-state index contributed by atoms with van der Waals surface area (Å²) in [5, 5.41) is 6.65. The number of benzene rings is 1. The van der Waals surface area contributed by atoms with Crippen molar-refractivity contribution in [3.05, 3.63) is 73.0 Å². The maximum Gasteiger partial charge on any atom is 0.265 e. The molecule has 5 rings (SSSR count). The molecular formula is C23H22N6O. The van der Waals surface area contributed by atoms with Crippen molar-refractivity contribution in [2.45, 2.75) is 18.9 Å². The van der Waals surface area contributed by atoms with E-state index in [0.717, 1.165) is 32.6 Å². The SMILES string of the molecule is Cn1ccc2cc(N(N)C(=O)/C=C/c3cnccc3-c3cnn(C4CC4)c3)ccc21. The van der Waals surface area contributed by atoms with E-state index in [4.69, 9.17) is 5.84 Å². The number of hydrazine groups is 1. The van der Waals surface area contributed by atoms with Crippen LogP contribution < -0.4 is 10.9 Å². The van der Waals surface area contributed by atoms with Crippen molar-refractivity contribution >= 4 is 28.6 Å². The van der Waals surface area contributed by atoms with E-state index in [9.17, 15) is 4.79 Å². The van der Waals surface area contributed by atoms with Crippen LogP contribution in [0.3, 0.4) is 0 Å². The Labute approximate surface area is 174 Å². The molecule has 0 bridgehead atoms. The molecule has 1 aromatic carbocycles. The molecule has 0 saturated heterocycles. The van der Waals surface area contributed by atoms with Crippen molar-refractivity contribution in [1.29, 1.82) is 0 Å². The Morgan fingerprint density at radius 3 is 2.93 bits per heavy atom. The molecule has 0 aliphatic heterocycles. The molecular weight excluding hydrogens is 376 g/mol. The first-order chi connectivity index (χ1) is 14.6. The van der Waals surface area contributed by atoms with Gasteiger partial charge in [-0.05, 0) is 54.8 Å². The fourth-order valence-electron chi connectivity index (χ4n) is 3.61. The zero-order chi connectivity index (χ0) is 20.7. The first-order valence-corrected chi connectivity index (χ1v) is 9.90. The summed E-state index contributed by atoms with van der Waals surface area (Å²) in [7, 11) is 1.98. The third-order valence-electron chi connectivity index (χ3n) is 5.48. The van der Waals surface area contributed by atoms with Crippen molar-refractivity contribution in [2.75, 3.05) is 5.01 Å². The van der Waals surface area contributed by atoms with Gasteiger partial charge in [0.15, 0.2) is 0 Å². The molecule has 30 heavy (non-hydrogen) atoms. The van der Waals surface area contributed by atoms with Crippen LogP contribution in [0.15, 0.2) is 67.4 Å². The Hall–Kier alpha value is -3.71. The summed E-state index contributed by atoms with van der Waals surface area (Å²) in [6.07, 6.45) is 15.0. The summed E-state index contributed by atoms with van der Waals surface area (Å²) in [4.78, 5) is 16.9. The van der Waals surface area contributed by atoms with E-state index >= 15 is 0 Å². The lowest BCUT2D eigenvalue weighted by Gasteiger charge is -2.15. The Kier molecular flexibility index (Phi) is 4.44. The molecule has 0 atom stereocenters. The number of pyridine rings is 1. The highest BCUT2D eigenvalue weighted by atomic mass is 16.2. The molecule has 7 heteroatoms. The normalized spacial score (nSPS) is 13.9. The van der Waals surface area contributed by atoms with E-state index in [2.05, 4.69) is 16.3 Å². The van der Waals surface area contributed by atoms with Crippen LogP contribution in [0.5, 0.6) is 0 Å². The van der Waals surface area contributed by atoms with Crippen LogP contribution in [0.25, 0.3) is 28.1 Å². The molecule has 7 nitrogen and oxygen atoms in total. The smallest absolute Gasteiger partial charge is 0.265 e. The van der Waals surface area contributed by atoms with Gasteiger partial charge in [0.2, 0.25) is 0 Å². The van der Waals surface area contributed by atoms with Crippen LogP contribution >= 0.6 is 0 Å². The molecule has 0 unspecified atom stereocenters. The van der Waals surface area contributed by atoms with Crippen molar-refractivity contribution in [1.82, 2.24) is 19.3 Å². The zero-order valence-electron chi connectivity index (χ0n) is 16.6. The fourth-order valence-corrected chi connectivity index (χ4v) is 3.61. The molecule has 0 radical (unpaired) electrons. The molecule has 1 aliphatic carbocycles. The lowest BCUT2D eigenvalue weighted by Crippen LogP contribution is -2.36. The Balaban J connectivity index is 1.38. The van der Waals surface area contributed by atoms with Gasteiger partial charge in [-0.3, -0.25) is 14.5 Å². The largest absolute Gasteiger partial charge is 0.351 e. The molecule has 150 valence electrons. The van der Waals surface area contributed by atoms with Crippen LogP contribution in [0, 0.1) is 0 Å². The number of carbonyl (C=O) groups excluding carboxylic acids is 1. The third-order valence-corrected chi connectivity index (χ3v) is 5.48. The quantitative estimate of drug-likeness (QED) is 0.241. The third kappa shape index (κ3) is 3.40. The van der Waals surface area contributed by atoms with Gasteiger partial charge < -0.3 is 4.57 Å². The van der Waals surface area contributed by atoms with E-state index in [-0.39, 0.29) is 5.91 Å². The van der Waals surface area contributed by atoms with Crippen LogP contribution in [-0.4, -0.2) is 25.2 Å². The average molecular weight is 398 g/mol. The first-order valence-electron chi connectivity index (χ1n) is 9.90. The van der Waals surface area contributed by atoms with Gasteiger partial charge in [0.05, 0.1) is 17.9 Å². The van der Waals surface area contributed by atoms with Crippen molar-refractivity contribution in [3.63, 3.8) is 0 Å². The van der Waals surface area contributed by atoms with Crippen LogP contribution in [0.4, 0.5) is 5.69 Å². The number of aryl methyl sites for hydroxylation is 1. The van der Waals surface area contributed by atoms with Gasteiger partial charge in [-0.2, -0.15) is 5.10 Å². The Morgan fingerprint density at radius 1 is 1.23 bits per heavy atom. The number of carbonyl (C=O) groups is 1. The van der Waals surface area contributed by atoms with Crippen molar-refractivity contribution < 1.29 is 4.79 Å². The van der Waals surface area contributed by atoms with E-state index in [1.807, 2.05) is 59.0 Å². The van der Waals surface area contributed by atoms with E-state index in [1.54, 1.807) is 18.5 Å². The number of fused-ring (bicyclic) bond motifs is 1. The molecule has 0 spiro atoms. The molecule has 3 aromatic heterocycles. The van der Waals surface area contributed by atoms with Gasteiger partial charge in [-0.1, -0.05) is 0 Å². The van der Waals surface area contributed by atoms with Gasteiger partial charge in [0.1, 0.15) is 0 Å². The monoisotopic (exact) mass is 398 g/mol. The lowest BCUT2D eigenvalue weighted by atomic mass is 10.0. The number of hydrogen-bond donors (Lipinski definition) is 1. The highest BCUT2D eigenvalue weighted by Crippen LogP contribution is 2.35. The van der Waals surface area contributed by atoms with Crippen LogP contribution in [0.1, 0.15) is 24.4 Å². The standard InChI is InChI=1S/C23H22N6O/c1-27-11-9-16-12-20(5-6-22(16)27)29(24)23(30)7-2-17-13-25-10-8-21(17)18-14-26-28(15-18)19-3-4-19/h2,5-15,19H,3-4,24H2,1H3/b7-2+. The molecule has 1 saturated carbocycles. The zero-order valence-corrected chi connectivity index (χ0v) is 16.6. The summed E-state index contributed by atoms with van der Waals surface area (Å²) in [6, 6.07) is 10.2. The van der Waals surface area contributed by atoms with Crippen LogP contribution in [0.2, 0.25) is 0 Å². The maximum absolute atomic E-state index is 12.7. The molecule has 1 aliphatic rings. The molecule has 4 aromatic rings. The maximum atomic E-state index is 12.7. The lowest BCUT2D eigenvalue weighted by molar-refractivity contribution is -0.114. The van der Waals surface area contributed by atoms with Gasteiger partial charge in [0.25, 0.3) is 5.91 Å². The second-order valence-corrected chi connectivity index (χ2v) is 7.61. The summed E-state index contributed by atoms with van der Waals surface area (Å²) in [6.45, 7) is 0. The molecule has 1 fully saturated rings. The van der Waals surface area contributed by atoms with Gasteiger partial charge in [-0.15, -0.1) is 0 Å². The molecule has 3 heterocycles. The van der Waals surface area contributed by atoms with E-state index < -0.39 is 0 Å². The number of nitrogens with zero attached hydrogens (tertiary/aromatic N) is 5. The van der Waals surface area contributed by atoms with Crippen molar-refractivity contribution in [3.8, 4) is 11.1 Å². The summed E-state index contributed by atoms with van der Waals surface area (Å²) < 4.78 is 4.03. The van der Waals surface area contributed by atoms with Crippen LogP contribution in [-0.2, 0) is 11.8 Å². The fraction of sp³-hybridized carbons (Fsp3) is 0.174. The summed E-state index contributed by atoms with van der Waals surface area (Å²) in [5.41, 5.74) is 4.56. The minimum atomic E-state index is -0.311. The van der Waals surface area contributed by atoms with Gasteiger partial charge in [0, 0.05) is 59.9 Å². The average Bonchev–Trinajstić information content (AvgIpc) is 3.40. The molecule has 1 amide bonds. The molecule has 2 N–H and O–H groups in total. The second kappa shape index (κ2) is 7.27. The van der Waals surface area contributed by atoms with Gasteiger partial charge >= 0.3 is 0 Å². The number of aromatic nitrogens is 4. The first kappa shape index (κ1) is 18.3. The van der Waals surface area contributed by atoms with Gasteiger partial charge in [-0.25, -0.2) is 10.9 Å². The highest BCUT2D eigenvalue weighted by molar-refractivity contribution is 6.04. The number of amides is 1. The van der Waals surface area contributed by atoms with E-state index in [0.29, 0.717) is 11.7 Å². The summed E-state index contributed by atoms with van der Waals surface area (Å²) >= 11 is 0. The Bertz CT molecular complexity index is 1260. The van der Waals surface area contributed by atoms with Crippen molar-refractivity contribution in [2.24, 2.45) is 12.9 Å². The number of anilines is 1. The minimum absolute atomic E-state index is 0.311. The van der Waals surface area contributed by atoms with E-state index in [1.165, 1.54) is 18.9 Å².